The van der Waals surface area contributed by atoms with Crippen molar-refractivity contribution in [2.24, 2.45) is 5.92 Å². The fourth-order valence-electron chi connectivity index (χ4n) is 4.63. The third-order valence-corrected chi connectivity index (χ3v) is 7.51. The van der Waals surface area contributed by atoms with Gasteiger partial charge >= 0.3 is 0 Å². The van der Waals surface area contributed by atoms with Gasteiger partial charge in [0.15, 0.2) is 0 Å². The number of amides is 2. The number of nitrogens with one attached hydrogen (secondary N) is 2. The fraction of sp³-hybridized carbons (Fsp3) is 0.607. The summed E-state index contributed by atoms with van der Waals surface area (Å²) in [6.45, 7) is 4.82. The van der Waals surface area contributed by atoms with E-state index in [4.69, 9.17) is 4.42 Å². The second-order valence-electron chi connectivity index (χ2n) is 10.7. The average Bonchev–Trinajstić information content (AvgIpc) is 3.36. The third kappa shape index (κ3) is 8.94. The van der Waals surface area contributed by atoms with Crippen LogP contribution in [0.4, 0.5) is 0 Å². The quantitative estimate of drug-likeness (QED) is 0.272. The molecule has 1 atom stereocenters. The predicted molar refractivity (Wildman–Crippen MR) is 148 cm³/mol. The van der Waals surface area contributed by atoms with Gasteiger partial charge in [0.05, 0.1) is 6.04 Å². The molecule has 1 unspecified atom stereocenters. The molecule has 1 aliphatic carbocycles. The van der Waals surface area contributed by atoms with Crippen LogP contribution in [-0.4, -0.2) is 70.7 Å². The smallest absolute Gasteiger partial charge is 0.286 e. The summed E-state index contributed by atoms with van der Waals surface area (Å²) in [6.07, 6.45) is 5.11. The molecule has 1 heterocycles. The molecule has 0 bridgehead atoms. The van der Waals surface area contributed by atoms with Crippen molar-refractivity contribution in [3.63, 3.8) is 0 Å². The van der Waals surface area contributed by atoms with Crippen LogP contribution in [0.3, 0.4) is 0 Å². The lowest BCUT2D eigenvalue weighted by molar-refractivity contribution is -0.135. The van der Waals surface area contributed by atoms with E-state index in [0.29, 0.717) is 37.3 Å². The Morgan fingerprint density at radius 1 is 1.08 bits per heavy atom. The maximum Gasteiger partial charge on any atom is 0.286 e. The van der Waals surface area contributed by atoms with Crippen LogP contribution in [0.15, 0.2) is 40.0 Å². The predicted octanol–water partition coefficient (Wildman–Crippen LogP) is 3.89. The number of rotatable bonds is 14. The van der Waals surface area contributed by atoms with Crippen molar-refractivity contribution in [2.45, 2.75) is 82.0 Å². The van der Waals surface area contributed by atoms with Gasteiger partial charge in [0.1, 0.15) is 5.54 Å². The second kappa shape index (κ2) is 14.4. The largest absolute Gasteiger partial charge is 0.408 e. The first-order chi connectivity index (χ1) is 18.2. The highest BCUT2D eigenvalue weighted by Crippen LogP contribution is 2.29. The summed E-state index contributed by atoms with van der Waals surface area (Å²) in [5.74, 6) is -0.0861. The summed E-state index contributed by atoms with van der Waals surface area (Å²) >= 11 is 1.39. The molecule has 2 amide bonds. The highest BCUT2D eigenvalue weighted by Gasteiger charge is 2.42. The van der Waals surface area contributed by atoms with Crippen molar-refractivity contribution in [3.8, 4) is 0 Å². The number of hydrogen-bond donors (Lipinski definition) is 2. The number of ketones is 1. The first-order valence-electron chi connectivity index (χ1n) is 13.5. The molecule has 0 radical (unpaired) electrons. The lowest BCUT2D eigenvalue weighted by Gasteiger charge is -2.37. The average molecular weight is 544 g/mol. The third-order valence-electron chi connectivity index (χ3n) is 6.71. The minimum atomic E-state index is -1.02. The highest BCUT2D eigenvalue weighted by atomic mass is 32.2. The Balaban J connectivity index is 1.69. The van der Waals surface area contributed by atoms with Crippen LogP contribution in [0.5, 0.6) is 0 Å². The number of aromatic nitrogens is 2. The molecule has 1 saturated carbocycles. The lowest BCUT2D eigenvalue weighted by atomic mass is 9.80. The van der Waals surface area contributed by atoms with Gasteiger partial charge in [-0.25, -0.2) is 0 Å². The zero-order chi connectivity index (χ0) is 27.5. The van der Waals surface area contributed by atoms with E-state index in [-0.39, 0.29) is 23.6 Å². The Bertz CT molecular complexity index is 1050. The van der Waals surface area contributed by atoms with Crippen LogP contribution in [0.1, 0.15) is 75.0 Å². The van der Waals surface area contributed by atoms with E-state index in [1.165, 1.54) is 11.8 Å². The van der Waals surface area contributed by atoms with E-state index < -0.39 is 17.4 Å². The van der Waals surface area contributed by atoms with E-state index in [1.807, 2.05) is 63.2 Å². The van der Waals surface area contributed by atoms with Gasteiger partial charge in [-0.05, 0) is 51.3 Å². The normalized spacial score (nSPS) is 15.8. The number of carbonyl (C=O) groups excluding carboxylic acids is 3. The maximum atomic E-state index is 13.7. The molecule has 0 saturated heterocycles. The topological polar surface area (TPSA) is 117 Å². The van der Waals surface area contributed by atoms with E-state index >= 15 is 0 Å². The summed E-state index contributed by atoms with van der Waals surface area (Å²) < 4.78 is 5.63. The van der Waals surface area contributed by atoms with Gasteiger partial charge in [-0.3, -0.25) is 14.4 Å². The summed E-state index contributed by atoms with van der Waals surface area (Å²) in [5, 5.41) is 14.3. The number of thioether (sulfide) groups is 1. The number of benzene rings is 1. The number of hydrogen-bond acceptors (Lipinski definition) is 8. The number of Topliss-reactive ketones (excluding diaryl/α,β-unsaturated/α-hetero) is 1. The van der Waals surface area contributed by atoms with Gasteiger partial charge in [0, 0.05) is 18.7 Å². The minimum absolute atomic E-state index is 0.104. The molecule has 1 aromatic heterocycles. The van der Waals surface area contributed by atoms with Gasteiger partial charge in [0.25, 0.3) is 11.1 Å². The van der Waals surface area contributed by atoms with Gasteiger partial charge < -0.3 is 20.0 Å². The van der Waals surface area contributed by atoms with E-state index in [0.717, 1.165) is 37.1 Å². The molecule has 3 rings (SSSR count). The van der Waals surface area contributed by atoms with Crippen LogP contribution >= 0.6 is 11.8 Å². The van der Waals surface area contributed by atoms with Crippen LogP contribution < -0.4 is 10.6 Å². The number of carbonyl (C=O) groups is 3. The Kier molecular flexibility index (Phi) is 11.3. The number of aryl methyl sites for hydroxylation is 1. The summed E-state index contributed by atoms with van der Waals surface area (Å²) in [6, 6.07) is 9.00. The van der Waals surface area contributed by atoms with Gasteiger partial charge in [0.2, 0.25) is 17.6 Å². The molecule has 9 nitrogen and oxygen atoms in total. The standard InChI is InChI=1S/C28H41N5O4S/c1-20(2)19-22(24(35)25-31-32-27(37-25)38-18-17-33(3)4)29-26(36)28(15-9-6-10-16-28)30-23(34)14-13-21-11-7-5-8-12-21/h5,7-8,11-12,20,22H,6,9-10,13-19H2,1-4H3,(H,29,36)(H,30,34). The van der Waals surface area contributed by atoms with Crippen LogP contribution in [-0.2, 0) is 16.0 Å². The molecule has 0 aliphatic heterocycles. The van der Waals surface area contributed by atoms with E-state index in [9.17, 15) is 14.4 Å². The molecular formula is C28H41N5O4S. The zero-order valence-corrected chi connectivity index (χ0v) is 23.8. The molecule has 2 aromatic rings. The van der Waals surface area contributed by atoms with Crippen LogP contribution in [0, 0.1) is 5.92 Å². The van der Waals surface area contributed by atoms with Gasteiger partial charge in [-0.2, -0.15) is 0 Å². The molecule has 1 aliphatic rings. The second-order valence-corrected chi connectivity index (χ2v) is 11.8. The summed E-state index contributed by atoms with van der Waals surface area (Å²) in [7, 11) is 3.96. The van der Waals surface area contributed by atoms with Gasteiger partial charge in [-0.15, -0.1) is 10.2 Å². The van der Waals surface area contributed by atoms with E-state index in [2.05, 4.69) is 20.8 Å². The zero-order valence-electron chi connectivity index (χ0n) is 23.0. The van der Waals surface area contributed by atoms with Crippen molar-refractivity contribution in [1.82, 2.24) is 25.7 Å². The Labute approximate surface area is 229 Å². The van der Waals surface area contributed by atoms with Crippen molar-refractivity contribution >= 4 is 29.4 Å². The molecule has 38 heavy (non-hydrogen) atoms. The maximum absolute atomic E-state index is 13.7. The Hall–Kier alpha value is -2.72. The molecule has 10 heteroatoms. The van der Waals surface area contributed by atoms with E-state index in [1.54, 1.807) is 0 Å². The molecule has 1 fully saturated rings. The molecule has 208 valence electrons. The van der Waals surface area contributed by atoms with Crippen molar-refractivity contribution < 1.29 is 18.8 Å². The highest BCUT2D eigenvalue weighted by molar-refractivity contribution is 7.99. The Morgan fingerprint density at radius 2 is 1.79 bits per heavy atom. The van der Waals surface area contributed by atoms with Crippen LogP contribution in [0.25, 0.3) is 0 Å². The Morgan fingerprint density at radius 3 is 2.45 bits per heavy atom. The van der Waals surface area contributed by atoms with Crippen molar-refractivity contribution in [1.29, 1.82) is 0 Å². The minimum Gasteiger partial charge on any atom is -0.408 e. The summed E-state index contributed by atoms with van der Waals surface area (Å²) in [5.41, 5.74) is 0.0509. The molecule has 1 aromatic carbocycles. The van der Waals surface area contributed by atoms with Crippen molar-refractivity contribution in [2.75, 3.05) is 26.4 Å². The van der Waals surface area contributed by atoms with Crippen molar-refractivity contribution in [3.05, 3.63) is 41.8 Å². The van der Waals surface area contributed by atoms with Gasteiger partial charge in [-0.1, -0.05) is 75.2 Å². The lowest BCUT2D eigenvalue weighted by Crippen LogP contribution is -2.62. The first-order valence-corrected chi connectivity index (χ1v) is 14.5. The fourth-order valence-corrected chi connectivity index (χ4v) is 5.50. The molecular weight excluding hydrogens is 502 g/mol. The SMILES string of the molecule is CC(C)CC(NC(=O)C1(NC(=O)CCc2ccccc2)CCCCC1)C(=O)c1nnc(SCCN(C)C)o1. The molecule has 2 N–H and O–H groups in total. The summed E-state index contributed by atoms with van der Waals surface area (Å²) in [4.78, 5) is 42.1. The van der Waals surface area contributed by atoms with Crippen LogP contribution in [0.2, 0.25) is 0 Å². The molecule has 0 spiro atoms. The monoisotopic (exact) mass is 543 g/mol. The number of nitrogens with zero attached hydrogens (tertiary/aromatic N) is 3. The first kappa shape index (κ1) is 29.8.